The van der Waals surface area contributed by atoms with Crippen LogP contribution in [0.5, 0.6) is 0 Å². The maximum Gasteiger partial charge on any atom is 0.508 e. The lowest BCUT2D eigenvalue weighted by atomic mass is 10.0. The first kappa shape index (κ1) is 35.0. The normalized spacial score (nSPS) is 10.8. The highest BCUT2D eigenvalue weighted by atomic mass is 79.9. The highest BCUT2D eigenvalue weighted by molar-refractivity contribution is 9.09. The van der Waals surface area contributed by atoms with Crippen LogP contribution in [0.2, 0.25) is 0 Å². The first-order valence-electron chi connectivity index (χ1n) is 14.8. The standard InChI is InChI=1S/C30H55BrO5/c1-3-4-5-6-7-8-9-10-11-12-13-14-15-16-19-22-25-34-30(33)36-27-28(2)26-35-29(32)23-20-17-18-21-24-31/h2-27H2,1H3. The average Bonchev–Trinajstić information content (AvgIpc) is 2.87. The number of ether oxygens (including phenoxy) is 3. The molecule has 0 aromatic heterocycles. The van der Waals surface area contributed by atoms with Crippen LogP contribution in [-0.4, -0.2) is 37.3 Å². The number of hydrogen-bond donors (Lipinski definition) is 0. The Morgan fingerprint density at radius 2 is 1.03 bits per heavy atom. The van der Waals surface area contributed by atoms with Crippen molar-refractivity contribution in [2.75, 3.05) is 25.2 Å². The molecule has 0 amide bonds. The van der Waals surface area contributed by atoms with Gasteiger partial charge < -0.3 is 14.2 Å². The van der Waals surface area contributed by atoms with Gasteiger partial charge in [0.2, 0.25) is 0 Å². The van der Waals surface area contributed by atoms with Gasteiger partial charge in [-0.3, -0.25) is 4.79 Å². The summed E-state index contributed by atoms with van der Waals surface area (Å²) in [4.78, 5) is 23.4. The lowest BCUT2D eigenvalue weighted by Gasteiger charge is -2.09. The highest BCUT2D eigenvalue weighted by Crippen LogP contribution is 2.14. The Labute approximate surface area is 230 Å². The predicted molar refractivity (Wildman–Crippen MR) is 154 cm³/mol. The van der Waals surface area contributed by atoms with Crippen LogP contribution in [0.4, 0.5) is 4.79 Å². The third kappa shape index (κ3) is 27.5. The number of carbonyl (C=O) groups excluding carboxylic acids is 2. The molecule has 0 aliphatic rings. The van der Waals surface area contributed by atoms with E-state index in [1.807, 2.05) is 0 Å². The van der Waals surface area contributed by atoms with E-state index in [0.29, 0.717) is 18.6 Å². The smallest absolute Gasteiger partial charge is 0.461 e. The minimum Gasteiger partial charge on any atom is -0.461 e. The predicted octanol–water partition coefficient (Wildman–Crippen LogP) is 9.85. The average molecular weight is 576 g/mol. The zero-order valence-electron chi connectivity index (χ0n) is 23.3. The van der Waals surface area contributed by atoms with Gasteiger partial charge in [0.25, 0.3) is 0 Å². The van der Waals surface area contributed by atoms with Gasteiger partial charge in [0.05, 0.1) is 6.61 Å². The second-order valence-electron chi connectivity index (χ2n) is 9.95. The van der Waals surface area contributed by atoms with Crippen LogP contribution in [0.3, 0.4) is 0 Å². The van der Waals surface area contributed by atoms with Gasteiger partial charge in [-0.05, 0) is 24.8 Å². The fourth-order valence-electron chi connectivity index (χ4n) is 4.02. The molecule has 0 atom stereocenters. The summed E-state index contributed by atoms with van der Waals surface area (Å²) in [6, 6.07) is 0. The van der Waals surface area contributed by atoms with Gasteiger partial charge in [-0.1, -0.05) is 139 Å². The summed E-state index contributed by atoms with van der Waals surface area (Å²) < 4.78 is 15.3. The van der Waals surface area contributed by atoms with Gasteiger partial charge in [0.1, 0.15) is 13.2 Å². The molecule has 0 heterocycles. The molecule has 0 unspecified atom stereocenters. The lowest BCUT2D eigenvalue weighted by molar-refractivity contribution is -0.142. The van der Waals surface area contributed by atoms with Crippen molar-refractivity contribution in [3.05, 3.63) is 12.2 Å². The summed E-state index contributed by atoms with van der Waals surface area (Å²) in [6.07, 6.45) is 24.8. The van der Waals surface area contributed by atoms with Crippen LogP contribution >= 0.6 is 15.9 Å². The van der Waals surface area contributed by atoms with Gasteiger partial charge in [0.15, 0.2) is 0 Å². The summed E-state index contributed by atoms with van der Waals surface area (Å²) in [5.74, 6) is -0.235. The summed E-state index contributed by atoms with van der Waals surface area (Å²) >= 11 is 3.40. The SMILES string of the molecule is C=C(COC(=O)CCCCCCBr)COC(=O)OCCCCCCCCCCCCCCCCCC. The van der Waals surface area contributed by atoms with E-state index in [1.165, 1.54) is 89.9 Å². The molecule has 0 saturated heterocycles. The molecular formula is C30H55BrO5. The molecule has 6 heteroatoms. The third-order valence-corrected chi connectivity index (χ3v) is 6.87. The van der Waals surface area contributed by atoms with Gasteiger partial charge >= 0.3 is 12.1 Å². The van der Waals surface area contributed by atoms with Crippen molar-refractivity contribution in [1.29, 1.82) is 0 Å². The highest BCUT2D eigenvalue weighted by Gasteiger charge is 2.08. The van der Waals surface area contributed by atoms with E-state index in [9.17, 15) is 9.59 Å². The summed E-state index contributed by atoms with van der Waals surface area (Å²) in [7, 11) is 0. The quantitative estimate of drug-likeness (QED) is 0.0422. The van der Waals surface area contributed by atoms with Gasteiger partial charge in [0, 0.05) is 11.8 Å². The molecule has 0 rings (SSSR count). The van der Waals surface area contributed by atoms with Crippen molar-refractivity contribution in [3.63, 3.8) is 0 Å². The van der Waals surface area contributed by atoms with E-state index < -0.39 is 6.16 Å². The number of alkyl halides is 1. The van der Waals surface area contributed by atoms with Crippen LogP contribution in [0.15, 0.2) is 12.2 Å². The van der Waals surface area contributed by atoms with Crippen LogP contribution in [0.1, 0.15) is 142 Å². The van der Waals surface area contributed by atoms with Gasteiger partial charge in [-0.15, -0.1) is 0 Å². The summed E-state index contributed by atoms with van der Waals surface area (Å²) in [5, 5.41) is 0.999. The van der Waals surface area contributed by atoms with E-state index in [4.69, 9.17) is 14.2 Å². The number of rotatable bonds is 27. The van der Waals surface area contributed by atoms with Crippen LogP contribution in [0, 0.1) is 0 Å². The molecule has 0 aliphatic heterocycles. The summed E-state index contributed by atoms with van der Waals surface area (Å²) in [6.45, 7) is 6.53. The first-order valence-corrected chi connectivity index (χ1v) is 15.9. The van der Waals surface area contributed by atoms with Crippen LogP contribution < -0.4 is 0 Å². The molecule has 0 fully saturated rings. The second kappa shape index (κ2) is 28.5. The van der Waals surface area contributed by atoms with Crippen molar-refractivity contribution in [1.82, 2.24) is 0 Å². The second-order valence-corrected chi connectivity index (χ2v) is 10.7. The largest absolute Gasteiger partial charge is 0.508 e. The molecule has 0 N–H and O–H groups in total. The molecule has 36 heavy (non-hydrogen) atoms. The molecule has 0 spiro atoms. The van der Waals surface area contributed by atoms with E-state index in [0.717, 1.165) is 43.9 Å². The molecule has 0 aromatic rings. The zero-order chi connectivity index (χ0) is 26.5. The fourth-order valence-corrected chi connectivity index (χ4v) is 4.42. The maximum absolute atomic E-state index is 11.7. The number of carbonyl (C=O) groups is 2. The lowest BCUT2D eigenvalue weighted by Crippen LogP contribution is -2.14. The molecule has 5 nitrogen and oxygen atoms in total. The number of esters is 1. The molecule has 0 aliphatic carbocycles. The zero-order valence-corrected chi connectivity index (χ0v) is 24.9. The fraction of sp³-hybridized carbons (Fsp3) is 0.867. The topological polar surface area (TPSA) is 61.8 Å². The van der Waals surface area contributed by atoms with E-state index in [2.05, 4.69) is 29.4 Å². The monoisotopic (exact) mass is 574 g/mol. The minimum atomic E-state index is -0.685. The Kier molecular flexibility index (Phi) is 27.7. The Hall–Kier alpha value is -1.04. The number of unbranched alkanes of at least 4 members (excludes halogenated alkanes) is 18. The Balaban J connectivity index is 3.35. The van der Waals surface area contributed by atoms with Gasteiger partial charge in [-0.25, -0.2) is 4.79 Å². The summed E-state index contributed by atoms with van der Waals surface area (Å²) in [5.41, 5.74) is 0.544. The van der Waals surface area contributed by atoms with Gasteiger partial charge in [-0.2, -0.15) is 0 Å². The van der Waals surface area contributed by atoms with E-state index >= 15 is 0 Å². The van der Waals surface area contributed by atoms with Crippen LogP contribution in [0.25, 0.3) is 0 Å². The Morgan fingerprint density at radius 1 is 0.583 bits per heavy atom. The van der Waals surface area contributed by atoms with Crippen molar-refractivity contribution in [2.24, 2.45) is 0 Å². The first-order chi connectivity index (χ1) is 17.6. The minimum absolute atomic E-state index is 0.0102. The van der Waals surface area contributed by atoms with E-state index in [-0.39, 0.29) is 19.2 Å². The molecule has 212 valence electrons. The van der Waals surface area contributed by atoms with Crippen LogP contribution in [-0.2, 0) is 19.0 Å². The third-order valence-electron chi connectivity index (χ3n) is 6.31. The molecule has 0 bridgehead atoms. The molecule has 0 saturated carbocycles. The molecule has 0 aromatic carbocycles. The Morgan fingerprint density at radius 3 is 1.56 bits per heavy atom. The number of halogens is 1. The maximum atomic E-state index is 11.7. The molecular weight excluding hydrogens is 520 g/mol. The van der Waals surface area contributed by atoms with E-state index in [1.54, 1.807) is 0 Å². The Bertz CT molecular complexity index is 523. The van der Waals surface area contributed by atoms with Crippen molar-refractivity contribution < 1.29 is 23.8 Å². The van der Waals surface area contributed by atoms with Crippen molar-refractivity contribution >= 4 is 28.1 Å². The number of hydrogen-bond acceptors (Lipinski definition) is 5. The van der Waals surface area contributed by atoms with Crippen molar-refractivity contribution in [3.8, 4) is 0 Å². The van der Waals surface area contributed by atoms with Crippen molar-refractivity contribution in [2.45, 2.75) is 142 Å². The molecule has 0 radical (unpaired) electrons.